The van der Waals surface area contributed by atoms with Crippen LogP contribution in [-0.2, 0) is 17.4 Å². The number of piperidine rings is 1. The summed E-state index contributed by atoms with van der Waals surface area (Å²) in [6.07, 6.45) is 1.79. The van der Waals surface area contributed by atoms with Crippen LogP contribution >= 0.6 is 12.6 Å². The molecule has 0 radical (unpaired) electrons. The molecule has 12 heteroatoms. The summed E-state index contributed by atoms with van der Waals surface area (Å²) in [7, 11) is 0. The molecule has 1 fully saturated rings. The number of amides is 2. The van der Waals surface area contributed by atoms with Crippen LogP contribution in [0.15, 0.2) is 79.1 Å². The van der Waals surface area contributed by atoms with Crippen LogP contribution < -0.4 is 15.5 Å². The van der Waals surface area contributed by atoms with Crippen LogP contribution in [0.25, 0.3) is 11.1 Å². The molecule has 8 nitrogen and oxygen atoms in total. The zero-order valence-electron chi connectivity index (χ0n) is 25.0. The van der Waals surface area contributed by atoms with E-state index in [2.05, 4.69) is 38.1 Å². The summed E-state index contributed by atoms with van der Waals surface area (Å²) >= 11 is 3.90. The molecule has 0 aliphatic carbocycles. The number of hydrogen-bond acceptors (Lipinski definition) is 6. The highest BCUT2D eigenvalue weighted by molar-refractivity contribution is 7.96. The maximum absolute atomic E-state index is 13.6. The molecule has 238 valence electrons. The fraction of sp³-hybridized carbons (Fsp3) is 0.265. The SMILES string of the molecule is CC(Cc1cccc(C(=O)Nc2ccc(N3CCCCC3)cc2C(=O)Nc2ncc(-c3cccc(C(F)(F)F)c3)cn2)c1)C(=O)S. The highest BCUT2D eigenvalue weighted by Gasteiger charge is 2.30. The molecule has 2 amide bonds. The summed E-state index contributed by atoms with van der Waals surface area (Å²) in [4.78, 5) is 49.0. The minimum absolute atomic E-state index is 0.0538. The van der Waals surface area contributed by atoms with E-state index < -0.39 is 23.6 Å². The number of thiol groups is 1. The van der Waals surface area contributed by atoms with E-state index in [-0.39, 0.29) is 33.8 Å². The fourth-order valence-electron chi connectivity index (χ4n) is 5.24. The number of nitrogens with one attached hydrogen (secondary N) is 2. The van der Waals surface area contributed by atoms with Crippen LogP contribution in [0, 0.1) is 5.92 Å². The van der Waals surface area contributed by atoms with Crippen LogP contribution in [0.3, 0.4) is 0 Å². The summed E-state index contributed by atoms with van der Waals surface area (Å²) in [6.45, 7) is 3.44. The minimum atomic E-state index is -4.49. The third-order valence-electron chi connectivity index (χ3n) is 7.77. The maximum Gasteiger partial charge on any atom is 0.416 e. The molecule has 0 saturated carbocycles. The predicted molar refractivity (Wildman–Crippen MR) is 174 cm³/mol. The monoisotopic (exact) mass is 647 g/mol. The van der Waals surface area contributed by atoms with Gasteiger partial charge in [-0.3, -0.25) is 19.7 Å². The molecule has 1 unspecified atom stereocenters. The summed E-state index contributed by atoms with van der Waals surface area (Å²) in [5.41, 5.74) is 2.28. The first-order valence-electron chi connectivity index (χ1n) is 14.8. The maximum atomic E-state index is 13.6. The molecule has 2 heterocycles. The van der Waals surface area contributed by atoms with Gasteiger partial charge >= 0.3 is 6.18 Å². The summed E-state index contributed by atoms with van der Waals surface area (Å²) in [5, 5.41) is 5.25. The van der Waals surface area contributed by atoms with Crippen molar-refractivity contribution in [3.05, 3.63) is 101 Å². The van der Waals surface area contributed by atoms with Crippen molar-refractivity contribution >= 4 is 46.9 Å². The summed E-state index contributed by atoms with van der Waals surface area (Å²) in [6, 6.07) is 17.0. The van der Waals surface area contributed by atoms with Gasteiger partial charge in [-0.15, -0.1) is 12.6 Å². The molecule has 0 bridgehead atoms. The Labute approximate surface area is 269 Å². The first kappa shape index (κ1) is 32.7. The molecular weight excluding hydrogens is 615 g/mol. The Morgan fingerprint density at radius 3 is 2.28 bits per heavy atom. The summed E-state index contributed by atoms with van der Waals surface area (Å²) < 4.78 is 39.5. The molecule has 1 saturated heterocycles. The van der Waals surface area contributed by atoms with E-state index in [0.29, 0.717) is 17.5 Å². The molecule has 1 atom stereocenters. The molecule has 1 aromatic heterocycles. The number of hydrogen-bond donors (Lipinski definition) is 3. The van der Waals surface area contributed by atoms with E-state index in [0.717, 1.165) is 55.7 Å². The number of carbonyl (C=O) groups excluding carboxylic acids is 3. The second kappa shape index (κ2) is 14.2. The van der Waals surface area contributed by atoms with Gasteiger partial charge in [-0.2, -0.15) is 13.2 Å². The number of halogens is 3. The second-order valence-corrected chi connectivity index (χ2v) is 11.6. The van der Waals surface area contributed by atoms with E-state index >= 15 is 0 Å². The fourth-order valence-corrected chi connectivity index (χ4v) is 5.33. The highest BCUT2D eigenvalue weighted by atomic mass is 32.1. The van der Waals surface area contributed by atoms with Crippen LogP contribution in [0.2, 0.25) is 0 Å². The zero-order valence-corrected chi connectivity index (χ0v) is 25.9. The number of alkyl halides is 3. The zero-order chi connectivity index (χ0) is 32.8. The second-order valence-electron chi connectivity index (χ2n) is 11.2. The number of anilines is 3. The lowest BCUT2D eigenvalue weighted by atomic mass is 10.00. The molecule has 5 rings (SSSR count). The molecule has 1 aliphatic rings. The predicted octanol–water partition coefficient (Wildman–Crippen LogP) is 7.29. The Balaban J connectivity index is 1.38. The van der Waals surface area contributed by atoms with Gasteiger partial charge < -0.3 is 10.2 Å². The van der Waals surface area contributed by atoms with Gasteiger partial charge in [0.15, 0.2) is 5.12 Å². The number of carbonyl (C=O) groups is 3. The number of benzene rings is 3. The van der Waals surface area contributed by atoms with Gasteiger partial charge in [0.05, 0.1) is 16.8 Å². The van der Waals surface area contributed by atoms with Crippen molar-refractivity contribution in [2.45, 2.75) is 38.8 Å². The van der Waals surface area contributed by atoms with Gasteiger partial charge in [-0.25, -0.2) is 9.97 Å². The Bertz CT molecular complexity index is 1740. The van der Waals surface area contributed by atoms with Crippen molar-refractivity contribution in [1.82, 2.24) is 9.97 Å². The first-order chi connectivity index (χ1) is 22.0. The van der Waals surface area contributed by atoms with Crippen LogP contribution in [-0.4, -0.2) is 40.0 Å². The Morgan fingerprint density at radius 1 is 0.870 bits per heavy atom. The third kappa shape index (κ3) is 8.11. The highest BCUT2D eigenvalue weighted by Crippen LogP contribution is 2.32. The van der Waals surface area contributed by atoms with Crippen molar-refractivity contribution in [3.8, 4) is 11.1 Å². The topological polar surface area (TPSA) is 104 Å². The first-order valence-corrected chi connectivity index (χ1v) is 15.3. The van der Waals surface area contributed by atoms with Gasteiger partial charge in [-0.1, -0.05) is 31.2 Å². The standard InChI is InChI=1S/C34H32F3N5O3S/c1-21(32(45)46)15-22-7-5-9-24(16-22)30(43)40-29-12-11-27(42-13-3-2-4-14-42)18-28(29)31(44)41-33-38-19-25(20-39-33)23-8-6-10-26(17-23)34(35,36)37/h5-12,16-21H,2-4,13-15H2,1H3,(H,40,43)(H,45,46)(H,38,39,41,44). The third-order valence-corrected chi connectivity index (χ3v) is 8.21. The molecule has 0 spiro atoms. The number of rotatable bonds is 9. The Kier molecular flexibility index (Phi) is 10.1. The molecule has 3 aromatic carbocycles. The van der Waals surface area contributed by atoms with Crippen LogP contribution in [0.1, 0.15) is 58.0 Å². The quantitative estimate of drug-likeness (QED) is 0.165. The van der Waals surface area contributed by atoms with Gasteiger partial charge in [0.2, 0.25) is 5.95 Å². The number of aromatic nitrogens is 2. The van der Waals surface area contributed by atoms with Crippen LogP contribution in [0.4, 0.5) is 30.5 Å². The van der Waals surface area contributed by atoms with Gasteiger partial charge in [0.1, 0.15) is 0 Å². The molecule has 2 N–H and O–H groups in total. The lowest BCUT2D eigenvalue weighted by molar-refractivity contribution is -0.137. The minimum Gasteiger partial charge on any atom is -0.372 e. The van der Waals surface area contributed by atoms with Gasteiger partial charge in [-0.05, 0) is 79.3 Å². The largest absolute Gasteiger partial charge is 0.416 e. The summed E-state index contributed by atoms with van der Waals surface area (Å²) in [5.74, 6) is -1.38. The van der Waals surface area contributed by atoms with E-state index in [1.807, 2.05) is 12.1 Å². The lowest BCUT2D eigenvalue weighted by Crippen LogP contribution is -2.29. The van der Waals surface area contributed by atoms with E-state index in [1.54, 1.807) is 37.3 Å². The smallest absolute Gasteiger partial charge is 0.372 e. The molecule has 46 heavy (non-hydrogen) atoms. The van der Waals surface area contributed by atoms with Gasteiger partial charge in [0.25, 0.3) is 11.8 Å². The Hall–Kier alpha value is -4.71. The Morgan fingerprint density at radius 2 is 1.59 bits per heavy atom. The average molecular weight is 648 g/mol. The van der Waals surface area contributed by atoms with Crippen molar-refractivity contribution < 1.29 is 27.6 Å². The lowest BCUT2D eigenvalue weighted by Gasteiger charge is -2.29. The van der Waals surface area contributed by atoms with E-state index in [4.69, 9.17) is 0 Å². The van der Waals surface area contributed by atoms with Gasteiger partial charge in [0, 0.05) is 48.2 Å². The number of nitrogens with zero attached hydrogens (tertiary/aromatic N) is 3. The van der Waals surface area contributed by atoms with Crippen molar-refractivity contribution in [3.63, 3.8) is 0 Å². The molecular formula is C34H32F3N5O3S. The van der Waals surface area contributed by atoms with Crippen molar-refractivity contribution in [1.29, 1.82) is 0 Å². The normalized spacial score (nSPS) is 14.0. The van der Waals surface area contributed by atoms with Crippen molar-refractivity contribution in [2.24, 2.45) is 5.92 Å². The van der Waals surface area contributed by atoms with Crippen LogP contribution in [0.5, 0.6) is 0 Å². The van der Waals surface area contributed by atoms with E-state index in [9.17, 15) is 27.6 Å². The van der Waals surface area contributed by atoms with E-state index in [1.165, 1.54) is 24.5 Å². The molecule has 4 aromatic rings. The average Bonchev–Trinajstić information content (AvgIpc) is 3.05. The molecule has 1 aliphatic heterocycles. The van der Waals surface area contributed by atoms with Crippen molar-refractivity contribution in [2.75, 3.05) is 28.6 Å².